The Hall–Kier alpha value is -4.57. The van der Waals surface area contributed by atoms with E-state index in [1.165, 1.54) is 0 Å². The van der Waals surface area contributed by atoms with Crippen LogP contribution in [-0.2, 0) is 32.3 Å². The van der Waals surface area contributed by atoms with Crippen LogP contribution in [0, 0.1) is 0 Å². The zero-order chi connectivity index (χ0) is 26.0. The van der Waals surface area contributed by atoms with Crippen LogP contribution in [0.5, 0.6) is 0 Å². The van der Waals surface area contributed by atoms with E-state index >= 15 is 0 Å². The Kier molecular flexibility index (Phi) is 12.4. The molecule has 0 fully saturated rings. The second kappa shape index (κ2) is 16.1. The van der Waals surface area contributed by atoms with E-state index in [9.17, 15) is 19.2 Å². The summed E-state index contributed by atoms with van der Waals surface area (Å²) in [5.41, 5.74) is 9.91. The Balaban J connectivity index is 1.79. The van der Waals surface area contributed by atoms with Crippen molar-refractivity contribution in [3.05, 3.63) is 82.2 Å². The Bertz CT molecular complexity index is 1040. The summed E-state index contributed by atoms with van der Waals surface area (Å²) in [7, 11) is 0. The smallest absolute Gasteiger partial charge is 0.407 e. The van der Waals surface area contributed by atoms with Gasteiger partial charge in [0.05, 0.1) is 6.54 Å². The van der Waals surface area contributed by atoms with E-state index in [1.807, 2.05) is 60.7 Å². The third-order valence-corrected chi connectivity index (χ3v) is 4.77. The summed E-state index contributed by atoms with van der Waals surface area (Å²) in [5.74, 6) is -1.36. The first-order valence-electron chi connectivity index (χ1n) is 11.2. The first-order chi connectivity index (χ1) is 17.5. The van der Waals surface area contributed by atoms with Gasteiger partial charge in [-0.15, -0.1) is 0 Å². The molecule has 0 saturated heterocycles. The zero-order valence-corrected chi connectivity index (χ0v) is 19.6. The summed E-state index contributed by atoms with van der Waals surface area (Å²) >= 11 is 0. The summed E-state index contributed by atoms with van der Waals surface area (Å²) in [6.07, 6.45) is -0.689. The van der Waals surface area contributed by atoms with Gasteiger partial charge in [-0.1, -0.05) is 60.7 Å². The van der Waals surface area contributed by atoms with Crippen molar-refractivity contribution >= 4 is 24.0 Å². The molecular formula is C24H28N6O6. The quantitative estimate of drug-likeness (QED) is 0.166. The second-order valence-electron chi connectivity index (χ2n) is 7.60. The van der Waals surface area contributed by atoms with Crippen molar-refractivity contribution in [2.24, 2.45) is 5.11 Å². The van der Waals surface area contributed by atoms with Crippen molar-refractivity contribution < 1.29 is 28.7 Å². The van der Waals surface area contributed by atoms with E-state index in [-0.39, 0.29) is 26.2 Å². The number of nitrogens with zero attached hydrogens (tertiary/aromatic N) is 3. The number of alkyl carbamates (subject to hydrolysis) is 2. The van der Waals surface area contributed by atoms with E-state index in [0.29, 0.717) is 12.8 Å². The number of benzene rings is 2. The topological polar surface area (TPSA) is 172 Å². The molecule has 4 amide bonds. The minimum absolute atomic E-state index is 0.0566. The Labute approximate surface area is 208 Å². The number of nitrogens with one attached hydrogen (secondary N) is 3. The number of amides is 4. The average Bonchev–Trinajstić information content (AvgIpc) is 2.89. The van der Waals surface area contributed by atoms with Crippen LogP contribution in [0.25, 0.3) is 10.4 Å². The first-order valence-corrected chi connectivity index (χ1v) is 11.2. The van der Waals surface area contributed by atoms with Gasteiger partial charge < -0.3 is 25.4 Å². The number of rotatable bonds is 13. The van der Waals surface area contributed by atoms with Crippen molar-refractivity contribution in [2.45, 2.75) is 38.5 Å². The molecule has 2 rings (SSSR count). The van der Waals surface area contributed by atoms with Gasteiger partial charge in [0.25, 0.3) is 0 Å². The maximum atomic E-state index is 12.3. The first kappa shape index (κ1) is 27.7. The number of ether oxygens (including phenoxy) is 2. The highest BCUT2D eigenvalue weighted by atomic mass is 16.6. The van der Waals surface area contributed by atoms with Crippen LogP contribution in [-0.4, -0.2) is 43.1 Å². The van der Waals surface area contributed by atoms with Gasteiger partial charge in [0, 0.05) is 23.9 Å². The molecule has 0 aliphatic carbocycles. The number of azide groups is 1. The Morgan fingerprint density at radius 3 is 2.03 bits per heavy atom. The van der Waals surface area contributed by atoms with Crippen LogP contribution in [0.1, 0.15) is 30.4 Å². The largest absolute Gasteiger partial charge is 0.445 e. The molecule has 0 spiro atoms. The van der Waals surface area contributed by atoms with Crippen molar-refractivity contribution in [1.82, 2.24) is 16.0 Å². The van der Waals surface area contributed by atoms with Crippen LogP contribution in [0.4, 0.5) is 9.59 Å². The number of carbonyl (C=O) groups is 4. The zero-order valence-electron chi connectivity index (χ0n) is 19.6. The van der Waals surface area contributed by atoms with Gasteiger partial charge in [-0.05, 0) is 34.6 Å². The SMILES string of the molecule is [N-]=[N+]=NC(=O)CNC(=O)C[C@H](CCCNC(=O)OCc1ccccc1)NC(=O)OCc1ccccc1. The number of hydrogen-bond donors (Lipinski definition) is 3. The van der Waals surface area contributed by atoms with Crippen LogP contribution >= 0.6 is 0 Å². The molecule has 12 heteroatoms. The van der Waals surface area contributed by atoms with Gasteiger partial charge in [-0.3, -0.25) is 9.59 Å². The maximum absolute atomic E-state index is 12.3. The molecule has 0 aliphatic heterocycles. The van der Waals surface area contributed by atoms with Crippen molar-refractivity contribution in [3.63, 3.8) is 0 Å². The van der Waals surface area contributed by atoms with Crippen LogP contribution in [0.15, 0.2) is 65.8 Å². The molecule has 0 saturated carbocycles. The number of carbonyl (C=O) groups excluding carboxylic acids is 4. The molecule has 1 atom stereocenters. The molecule has 2 aromatic carbocycles. The van der Waals surface area contributed by atoms with Crippen LogP contribution < -0.4 is 16.0 Å². The van der Waals surface area contributed by atoms with Gasteiger partial charge in [-0.25, -0.2) is 9.59 Å². The minimum Gasteiger partial charge on any atom is -0.445 e. The monoisotopic (exact) mass is 496 g/mol. The number of hydrogen-bond acceptors (Lipinski definition) is 6. The van der Waals surface area contributed by atoms with Gasteiger partial charge in [0.2, 0.25) is 11.8 Å². The Morgan fingerprint density at radius 2 is 1.44 bits per heavy atom. The summed E-state index contributed by atoms with van der Waals surface area (Å²) in [6, 6.07) is 17.7. The molecule has 36 heavy (non-hydrogen) atoms. The molecule has 0 aromatic heterocycles. The highest BCUT2D eigenvalue weighted by Gasteiger charge is 2.18. The summed E-state index contributed by atoms with van der Waals surface area (Å²) in [6.45, 7) is -0.00928. The normalized spacial score (nSPS) is 10.8. The molecule has 0 unspecified atom stereocenters. The second-order valence-corrected chi connectivity index (χ2v) is 7.60. The molecule has 190 valence electrons. The summed E-state index contributed by atoms with van der Waals surface area (Å²) in [4.78, 5) is 50.0. The van der Waals surface area contributed by atoms with Gasteiger partial charge in [-0.2, -0.15) is 0 Å². The lowest BCUT2D eigenvalue weighted by Gasteiger charge is -2.18. The molecule has 2 aromatic rings. The standard InChI is InChI=1S/C24H28N6O6/c25-30-29-22(32)15-27-21(31)14-20(28-24(34)36-17-19-10-5-2-6-11-19)12-7-13-26-23(33)35-16-18-8-3-1-4-9-18/h1-6,8-11,20H,7,12-17H2,(H,26,33)(H,27,31)(H,28,34)/t20-/m0/s1. The lowest BCUT2D eigenvalue weighted by atomic mass is 10.1. The fourth-order valence-electron chi connectivity index (χ4n) is 3.03. The minimum atomic E-state index is -0.837. The van der Waals surface area contributed by atoms with E-state index in [1.54, 1.807) is 0 Å². The highest BCUT2D eigenvalue weighted by Crippen LogP contribution is 2.06. The Morgan fingerprint density at radius 1 is 0.861 bits per heavy atom. The van der Waals surface area contributed by atoms with Gasteiger partial charge >= 0.3 is 12.2 Å². The molecule has 12 nitrogen and oxygen atoms in total. The van der Waals surface area contributed by atoms with E-state index in [4.69, 9.17) is 15.0 Å². The van der Waals surface area contributed by atoms with Crippen LogP contribution in [0.3, 0.4) is 0 Å². The highest BCUT2D eigenvalue weighted by molar-refractivity contribution is 5.85. The van der Waals surface area contributed by atoms with Crippen LogP contribution in [0.2, 0.25) is 0 Å². The molecule has 0 aliphatic rings. The summed E-state index contributed by atoms with van der Waals surface area (Å²) in [5, 5.41) is 10.5. The third kappa shape index (κ3) is 12.1. The van der Waals surface area contributed by atoms with Crippen molar-refractivity contribution in [2.75, 3.05) is 13.1 Å². The molecule has 0 radical (unpaired) electrons. The van der Waals surface area contributed by atoms with E-state index in [2.05, 4.69) is 26.0 Å². The van der Waals surface area contributed by atoms with E-state index < -0.39 is 36.6 Å². The van der Waals surface area contributed by atoms with E-state index in [0.717, 1.165) is 11.1 Å². The van der Waals surface area contributed by atoms with Gasteiger partial charge in [0.1, 0.15) is 13.2 Å². The summed E-state index contributed by atoms with van der Waals surface area (Å²) < 4.78 is 10.4. The predicted molar refractivity (Wildman–Crippen MR) is 129 cm³/mol. The fourth-order valence-corrected chi connectivity index (χ4v) is 3.03. The average molecular weight is 497 g/mol. The fraction of sp³-hybridized carbons (Fsp3) is 0.333. The lowest BCUT2D eigenvalue weighted by Crippen LogP contribution is -2.40. The maximum Gasteiger partial charge on any atom is 0.407 e. The molecule has 0 heterocycles. The van der Waals surface area contributed by atoms with Gasteiger partial charge in [0.15, 0.2) is 0 Å². The molecule has 3 N–H and O–H groups in total. The molecule has 0 bridgehead atoms. The molecular weight excluding hydrogens is 468 g/mol. The lowest BCUT2D eigenvalue weighted by molar-refractivity contribution is -0.125. The van der Waals surface area contributed by atoms with Crippen molar-refractivity contribution in [3.8, 4) is 0 Å². The van der Waals surface area contributed by atoms with Crippen molar-refractivity contribution in [1.29, 1.82) is 0 Å². The predicted octanol–water partition coefficient (Wildman–Crippen LogP) is 3.33. The third-order valence-electron chi connectivity index (χ3n) is 4.77.